The van der Waals surface area contributed by atoms with Crippen LogP contribution >= 0.6 is 0 Å². The molecule has 178 valence electrons. The van der Waals surface area contributed by atoms with Crippen LogP contribution in [0.1, 0.15) is 36.8 Å². The van der Waals surface area contributed by atoms with E-state index in [0.717, 1.165) is 37.1 Å². The van der Waals surface area contributed by atoms with Crippen molar-refractivity contribution in [3.05, 3.63) is 96.1 Å². The number of likely N-dealkylation sites (N-methyl/N-ethyl adjacent to an activating group) is 1. The van der Waals surface area contributed by atoms with E-state index in [9.17, 15) is 9.59 Å². The van der Waals surface area contributed by atoms with Gasteiger partial charge in [-0.3, -0.25) is 14.5 Å². The number of nitrogens with zero attached hydrogens (tertiary/aromatic N) is 2. The normalized spacial score (nSPS) is 20.9. The molecule has 1 heterocycles. The van der Waals surface area contributed by atoms with E-state index in [2.05, 4.69) is 29.2 Å². The molecule has 5 nitrogen and oxygen atoms in total. The Morgan fingerprint density at radius 3 is 2.24 bits per heavy atom. The maximum Gasteiger partial charge on any atom is 0.302 e. The third-order valence-electron chi connectivity index (χ3n) is 6.87. The van der Waals surface area contributed by atoms with E-state index in [0.29, 0.717) is 6.54 Å². The van der Waals surface area contributed by atoms with Crippen molar-refractivity contribution in [2.75, 3.05) is 26.7 Å². The summed E-state index contributed by atoms with van der Waals surface area (Å²) in [5, 5.41) is 0. The molecule has 0 radical (unpaired) electrons. The van der Waals surface area contributed by atoms with E-state index in [4.69, 9.17) is 4.74 Å². The zero-order chi connectivity index (χ0) is 23.9. The highest BCUT2D eigenvalue weighted by atomic mass is 16.5. The molecule has 1 fully saturated rings. The summed E-state index contributed by atoms with van der Waals surface area (Å²) < 4.78 is 5.44. The first-order valence-electron chi connectivity index (χ1n) is 12.1. The lowest BCUT2D eigenvalue weighted by atomic mass is 9.87. The summed E-state index contributed by atoms with van der Waals surface area (Å²) in [5.41, 5.74) is 2.00. The second kappa shape index (κ2) is 11.3. The van der Waals surface area contributed by atoms with E-state index in [1.165, 1.54) is 6.92 Å². The van der Waals surface area contributed by atoms with Gasteiger partial charge in [0.2, 0.25) is 5.91 Å². The van der Waals surface area contributed by atoms with Gasteiger partial charge in [0.25, 0.3) is 0 Å². The number of esters is 1. The van der Waals surface area contributed by atoms with Gasteiger partial charge in [-0.15, -0.1) is 0 Å². The van der Waals surface area contributed by atoms with Gasteiger partial charge in [-0.05, 0) is 24.0 Å². The molecule has 2 aromatic carbocycles. The average molecular weight is 459 g/mol. The second-order valence-corrected chi connectivity index (χ2v) is 9.26. The highest BCUT2D eigenvalue weighted by Crippen LogP contribution is 2.30. The summed E-state index contributed by atoms with van der Waals surface area (Å²) in [4.78, 5) is 29.8. The molecule has 34 heavy (non-hydrogen) atoms. The lowest BCUT2D eigenvalue weighted by Gasteiger charge is -2.38. The maximum atomic E-state index is 14.1. The first kappa shape index (κ1) is 24.0. The van der Waals surface area contributed by atoms with Crippen LogP contribution in [0, 0.1) is 5.92 Å². The molecule has 4 rings (SSSR count). The quantitative estimate of drug-likeness (QED) is 0.550. The van der Waals surface area contributed by atoms with Gasteiger partial charge in [0.1, 0.15) is 6.10 Å². The fourth-order valence-corrected chi connectivity index (χ4v) is 5.12. The summed E-state index contributed by atoms with van der Waals surface area (Å²) in [6.45, 7) is 3.79. The van der Waals surface area contributed by atoms with Gasteiger partial charge in [0, 0.05) is 39.5 Å². The van der Waals surface area contributed by atoms with Gasteiger partial charge in [0.15, 0.2) is 0 Å². The summed E-state index contributed by atoms with van der Waals surface area (Å²) in [7, 11) is 1.94. The Morgan fingerprint density at radius 1 is 1.03 bits per heavy atom. The minimum Gasteiger partial charge on any atom is -0.461 e. The van der Waals surface area contributed by atoms with Crippen LogP contribution in [0.3, 0.4) is 0 Å². The van der Waals surface area contributed by atoms with Crippen LogP contribution in [-0.2, 0) is 14.3 Å². The lowest BCUT2D eigenvalue weighted by molar-refractivity contribution is -0.145. The van der Waals surface area contributed by atoms with E-state index in [1.54, 1.807) is 0 Å². The van der Waals surface area contributed by atoms with Crippen LogP contribution in [-0.4, -0.2) is 60.5 Å². The molecule has 2 aromatic rings. The van der Waals surface area contributed by atoms with Crippen molar-refractivity contribution in [1.29, 1.82) is 0 Å². The van der Waals surface area contributed by atoms with Gasteiger partial charge in [-0.25, -0.2) is 0 Å². The number of hydrogen-bond acceptors (Lipinski definition) is 4. The monoisotopic (exact) mass is 458 g/mol. The van der Waals surface area contributed by atoms with Crippen LogP contribution in [0.4, 0.5) is 0 Å². The maximum absolute atomic E-state index is 14.1. The molecule has 1 aliphatic carbocycles. The summed E-state index contributed by atoms with van der Waals surface area (Å²) in [6.07, 6.45) is 10.2. The van der Waals surface area contributed by atoms with Crippen molar-refractivity contribution in [3.63, 3.8) is 0 Å². The van der Waals surface area contributed by atoms with E-state index >= 15 is 0 Å². The van der Waals surface area contributed by atoms with Gasteiger partial charge in [-0.2, -0.15) is 0 Å². The second-order valence-electron chi connectivity index (χ2n) is 9.26. The minimum absolute atomic E-state index is 0.0136. The number of ether oxygens (including phenoxy) is 1. The Hall–Kier alpha value is -3.18. The van der Waals surface area contributed by atoms with Crippen LogP contribution in [0.5, 0.6) is 0 Å². The standard InChI is InChI=1S/C29H34N2O3/c1-22(32)34-26-18-19-31(20-26)21-27(23-12-6-3-7-13-23)30(2)29(33)28(24-14-8-4-9-15-24)25-16-10-5-11-17-25/h3-12,14-17,23,26-28H,13,18-21H2,1-2H3/t23?,26-,27-/m1/s1. The van der Waals surface area contributed by atoms with Crippen molar-refractivity contribution in [3.8, 4) is 0 Å². The van der Waals surface area contributed by atoms with Gasteiger partial charge in [0.05, 0.1) is 12.0 Å². The fourth-order valence-electron chi connectivity index (χ4n) is 5.12. The number of likely N-dealkylation sites (tertiary alicyclic amines) is 1. The van der Waals surface area contributed by atoms with Crippen molar-refractivity contribution in [1.82, 2.24) is 9.80 Å². The van der Waals surface area contributed by atoms with Crippen LogP contribution < -0.4 is 0 Å². The van der Waals surface area contributed by atoms with E-state index < -0.39 is 0 Å². The SMILES string of the molecule is CC(=O)O[C@@H]1CCN(C[C@H](C2C=CC=CC2)N(C)C(=O)C(c2ccccc2)c2ccccc2)C1. The Labute approximate surface area is 202 Å². The topological polar surface area (TPSA) is 49.9 Å². The van der Waals surface area contributed by atoms with Gasteiger partial charge < -0.3 is 9.64 Å². The Kier molecular flexibility index (Phi) is 7.96. The molecular formula is C29H34N2O3. The smallest absolute Gasteiger partial charge is 0.302 e. The van der Waals surface area contributed by atoms with E-state index in [-0.39, 0.29) is 35.9 Å². The van der Waals surface area contributed by atoms with Crippen molar-refractivity contribution < 1.29 is 14.3 Å². The molecule has 0 spiro atoms. The van der Waals surface area contributed by atoms with Gasteiger partial charge >= 0.3 is 5.97 Å². The first-order valence-corrected chi connectivity index (χ1v) is 12.1. The molecular weight excluding hydrogens is 424 g/mol. The Balaban J connectivity index is 1.58. The molecule has 1 amide bonds. The number of hydrogen-bond donors (Lipinski definition) is 0. The molecule has 1 unspecified atom stereocenters. The number of amides is 1. The summed E-state index contributed by atoms with van der Waals surface area (Å²) in [5.74, 6) is -0.255. The molecule has 5 heteroatoms. The van der Waals surface area contributed by atoms with Crippen molar-refractivity contribution in [2.24, 2.45) is 5.92 Å². The molecule has 1 aliphatic heterocycles. The summed E-state index contributed by atoms with van der Waals surface area (Å²) >= 11 is 0. The molecule has 1 saturated heterocycles. The third kappa shape index (κ3) is 5.84. The minimum atomic E-state index is -0.356. The predicted molar refractivity (Wildman–Crippen MR) is 134 cm³/mol. The number of benzene rings is 2. The summed E-state index contributed by atoms with van der Waals surface area (Å²) in [6, 6.07) is 20.1. The number of allylic oxidation sites excluding steroid dienone is 3. The highest BCUT2D eigenvalue weighted by Gasteiger charge is 2.35. The average Bonchev–Trinajstić information content (AvgIpc) is 3.30. The van der Waals surface area contributed by atoms with Crippen LogP contribution in [0.2, 0.25) is 0 Å². The fraction of sp³-hybridized carbons (Fsp3) is 0.379. The van der Waals surface area contributed by atoms with Crippen LogP contribution in [0.15, 0.2) is 85.0 Å². The zero-order valence-electron chi connectivity index (χ0n) is 20.0. The number of carbonyl (C=O) groups excluding carboxylic acids is 2. The molecule has 0 aromatic heterocycles. The van der Waals surface area contributed by atoms with Crippen molar-refractivity contribution >= 4 is 11.9 Å². The number of rotatable bonds is 8. The Morgan fingerprint density at radius 2 is 1.68 bits per heavy atom. The first-order chi connectivity index (χ1) is 16.5. The highest BCUT2D eigenvalue weighted by molar-refractivity contribution is 5.87. The van der Waals surface area contributed by atoms with Crippen LogP contribution in [0.25, 0.3) is 0 Å². The van der Waals surface area contributed by atoms with Gasteiger partial charge in [-0.1, -0.05) is 85.0 Å². The lowest BCUT2D eigenvalue weighted by Crippen LogP contribution is -2.50. The molecule has 0 N–H and O–H groups in total. The van der Waals surface area contributed by atoms with E-state index in [1.807, 2.05) is 72.6 Å². The third-order valence-corrected chi connectivity index (χ3v) is 6.87. The molecule has 0 bridgehead atoms. The number of carbonyl (C=O) groups is 2. The Bertz CT molecular complexity index is 979. The largest absolute Gasteiger partial charge is 0.461 e. The molecule has 2 aliphatic rings. The predicted octanol–water partition coefficient (Wildman–Crippen LogP) is 4.42. The molecule has 0 saturated carbocycles. The zero-order valence-corrected chi connectivity index (χ0v) is 20.0. The van der Waals surface area contributed by atoms with Crippen molar-refractivity contribution in [2.45, 2.75) is 37.8 Å². The molecule has 3 atom stereocenters.